The van der Waals surface area contributed by atoms with Crippen molar-refractivity contribution < 1.29 is 22.7 Å². The second-order valence-corrected chi connectivity index (χ2v) is 5.29. The smallest absolute Gasteiger partial charge is 0.383 e. The van der Waals surface area contributed by atoms with Gasteiger partial charge < -0.3 is 15.4 Å². The topological polar surface area (TPSA) is 50.4 Å². The maximum atomic E-state index is 12.7. The molecule has 0 saturated heterocycles. The second kappa shape index (κ2) is 7.65. The fourth-order valence-corrected chi connectivity index (χ4v) is 2.07. The third-order valence-corrected chi connectivity index (χ3v) is 3.06. The van der Waals surface area contributed by atoms with Crippen LogP contribution >= 0.6 is 15.9 Å². The van der Waals surface area contributed by atoms with Gasteiger partial charge in [-0.05, 0) is 25.1 Å². The third-order valence-electron chi connectivity index (χ3n) is 2.61. The van der Waals surface area contributed by atoms with Crippen molar-refractivity contribution >= 4 is 27.5 Å². The van der Waals surface area contributed by atoms with E-state index in [0.29, 0.717) is 13.2 Å². The highest BCUT2D eigenvalue weighted by atomic mass is 79.9. The summed E-state index contributed by atoms with van der Waals surface area (Å²) >= 11 is 3.03. The molecule has 8 heteroatoms. The zero-order chi connectivity index (χ0) is 16.0. The third kappa shape index (κ3) is 5.92. The molecule has 0 aliphatic carbocycles. The number of halogens is 4. The predicted octanol–water partition coefficient (Wildman–Crippen LogP) is 3.03. The molecule has 1 aromatic carbocycles. The summed E-state index contributed by atoms with van der Waals surface area (Å²) in [4.78, 5) is 11.7. The number of carbonyl (C=O) groups excluding carboxylic acids is 1. The van der Waals surface area contributed by atoms with Gasteiger partial charge in [-0.2, -0.15) is 13.2 Å². The molecule has 1 rings (SSSR count). The Morgan fingerprint density at radius 3 is 2.62 bits per heavy atom. The fourth-order valence-electron chi connectivity index (χ4n) is 1.58. The molecular weight excluding hydrogens is 353 g/mol. The summed E-state index contributed by atoms with van der Waals surface area (Å²) in [6, 6.07) is 2.75. The minimum atomic E-state index is -4.44. The van der Waals surface area contributed by atoms with E-state index in [1.807, 2.05) is 0 Å². The molecule has 1 aromatic rings. The molecule has 0 heterocycles. The van der Waals surface area contributed by atoms with E-state index in [2.05, 4.69) is 26.6 Å². The summed E-state index contributed by atoms with van der Waals surface area (Å²) in [5, 5.41) is 5.34. The van der Waals surface area contributed by atoms with Crippen molar-refractivity contribution in [2.75, 3.05) is 25.6 Å². The highest BCUT2D eigenvalue weighted by molar-refractivity contribution is 9.10. The Kier molecular flexibility index (Phi) is 6.47. The molecule has 0 fully saturated rings. The van der Waals surface area contributed by atoms with Gasteiger partial charge in [-0.1, -0.05) is 15.9 Å². The number of anilines is 1. The van der Waals surface area contributed by atoms with E-state index >= 15 is 0 Å². The van der Waals surface area contributed by atoms with Crippen molar-refractivity contribution in [3.63, 3.8) is 0 Å². The summed E-state index contributed by atoms with van der Waals surface area (Å²) in [5.41, 5.74) is -0.572. The standard InChI is InChI=1S/C13H16BrF3N2O2/c1-8(12(20)18-3-4-21-2)19-11-6-9(13(15,16)17)5-10(14)7-11/h5-8,19H,3-4H2,1-2H3,(H,18,20). The number of hydrogen-bond donors (Lipinski definition) is 2. The van der Waals surface area contributed by atoms with Crippen LogP contribution in [0, 0.1) is 0 Å². The van der Waals surface area contributed by atoms with Crippen molar-refractivity contribution in [1.29, 1.82) is 0 Å². The van der Waals surface area contributed by atoms with Crippen LogP contribution in [0.15, 0.2) is 22.7 Å². The first-order valence-electron chi connectivity index (χ1n) is 6.15. The van der Waals surface area contributed by atoms with Gasteiger partial charge in [0.05, 0.1) is 12.2 Å². The lowest BCUT2D eigenvalue weighted by Gasteiger charge is -2.17. The molecular formula is C13H16BrF3N2O2. The van der Waals surface area contributed by atoms with Crippen LogP contribution in [0.3, 0.4) is 0 Å². The first kappa shape index (κ1) is 17.8. The molecule has 4 nitrogen and oxygen atoms in total. The van der Waals surface area contributed by atoms with Gasteiger partial charge in [0.25, 0.3) is 0 Å². The van der Waals surface area contributed by atoms with Gasteiger partial charge in [0.15, 0.2) is 0 Å². The van der Waals surface area contributed by atoms with E-state index in [1.54, 1.807) is 6.92 Å². The van der Waals surface area contributed by atoms with Crippen LogP contribution in [0.5, 0.6) is 0 Å². The SMILES string of the molecule is COCCNC(=O)C(C)Nc1cc(Br)cc(C(F)(F)F)c1. The molecule has 2 N–H and O–H groups in total. The lowest BCUT2D eigenvalue weighted by molar-refractivity contribution is -0.137. The van der Waals surface area contributed by atoms with E-state index in [9.17, 15) is 18.0 Å². The van der Waals surface area contributed by atoms with Crippen LogP contribution < -0.4 is 10.6 Å². The van der Waals surface area contributed by atoms with E-state index in [4.69, 9.17) is 4.74 Å². The highest BCUT2D eigenvalue weighted by Gasteiger charge is 2.31. The number of ether oxygens (including phenoxy) is 1. The van der Waals surface area contributed by atoms with Gasteiger partial charge in [-0.3, -0.25) is 4.79 Å². The van der Waals surface area contributed by atoms with Crippen molar-refractivity contribution in [3.8, 4) is 0 Å². The first-order chi connectivity index (χ1) is 9.74. The Balaban J connectivity index is 2.74. The highest BCUT2D eigenvalue weighted by Crippen LogP contribution is 2.33. The Morgan fingerprint density at radius 2 is 2.05 bits per heavy atom. The average molecular weight is 369 g/mol. The minimum Gasteiger partial charge on any atom is -0.383 e. The largest absolute Gasteiger partial charge is 0.416 e. The summed E-state index contributed by atoms with van der Waals surface area (Å²) < 4.78 is 43.2. The maximum absolute atomic E-state index is 12.7. The van der Waals surface area contributed by atoms with Crippen molar-refractivity contribution in [3.05, 3.63) is 28.2 Å². The molecule has 118 valence electrons. The molecule has 0 saturated carbocycles. The lowest BCUT2D eigenvalue weighted by Crippen LogP contribution is -2.39. The van der Waals surface area contributed by atoms with Gasteiger partial charge in [-0.15, -0.1) is 0 Å². The number of nitrogens with one attached hydrogen (secondary N) is 2. The molecule has 1 amide bonds. The molecule has 0 bridgehead atoms. The molecule has 1 unspecified atom stereocenters. The van der Waals surface area contributed by atoms with Crippen LogP contribution in [0.2, 0.25) is 0 Å². The van der Waals surface area contributed by atoms with Gasteiger partial charge in [0, 0.05) is 23.8 Å². The number of benzene rings is 1. The molecule has 0 spiro atoms. The van der Waals surface area contributed by atoms with E-state index < -0.39 is 17.8 Å². The predicted molar refractivity (Wildman–Crippen MR) is 77.1 cm³/mol. The Hall–Kier alpha value is -1.28. The summed E-state index contributed by atoms with van der Waals surface area (Å²) in [7, 11) is 1.51. The van der Waals surface area contributed by atoms with Crippen molar-refractivity contribution in [1.82, 2.24) is 5.32 Å². The van der Waals surface area contributed by atoms with E-state index in [1.165, 1.54) is 13.2 Å². The van der Waals surface area contributed by atoms with Crippen molar-refractivity contribution in [2.24, 2.45) is 0 Å². The average Bonchev–Trinajstić information content (AvgIpc) is 2.37. The summed E-state index contributed by atoms with van der Waals surface area (Å²) in [6.45, 7) is 2.28. The Morgan fingerprint density at radius 1 is 1.38 bits per heavy atom. The molecule has 21 heavy (non-hydrogen) atoms. The fraction of sp³-hybridized carbons (Fsp3) is 0.462. The van der Waals surface area contributed by atoms with Crippen LogP contribution in [0.25, 0.3) is 0 Å². The van der Waals surface area contributed by atoms with Gasteiger partial charge in [0.2, 0.25) is 5.91 Å². The van der Waals surface area contributed by atoms with E-state index in [0.717, 1.165) is 12.1 Å². The summed E-state index contributed by atoms with van der Waals surface area (Å²) in [5.74, 6) is -0.319. The molecule has 0 aliphatic rings. The number of alkyl halides is 3. The number of amides is 1. The monoisotopic (exact) mass is 368 g/mol. The molecule has 1 atom stereocenters. The van der Waals surface area contributed by atoms with E-state index in [-0.39, 0.29) is 16.1 Å². The van der Waals surface area contributed by atoms with Gasteiger partial charge >= 0.3 is 6.18 Å². The first-order valence-corrected chi connectivity index (χ1v) is 6.94. The molecule has 0 radical (unpaired) electrons. The number of hydrogen-bond acceptors (Lipinski definition) is 3. The Bertz CT molecular complexity index is 495. The van der Waals surface area contributed by atoms with Crippen LogP contribution in [0.4, 0.5) is 18.9 Å². The number of carbonyl (C=O) groups is 1. The van der Waals surface area contributed by atoms with Crippen molar-refractivity contribution in [2.45, 2.75) is 19.1 Å². The van der Waals surface area contributed by atoms with Gasteiger partial charge in [-0.25, -0.2) is 0 Å². The van der Waals surface area contributed by atoms with Crippen LogP contribution in [0.1, 0.15) is 12.5 Å². The second-order valence-electron chi connectivity index (χ2n) is 4.38. The lowest BCUT2D eigenvalue weighted by atomic mass is 10.2. The molecule has 0 aliphatic heterocycles. The quantitative estimate of drug-likeness (QED) is 0.758. The normalized spacial score (nSPS) is 12.9. The van der Waals surface area contributed by atoms with Crippen LogP contribution in [-0.2, 0) is 15.7 Å². The summed E-state index contributed by atoms with van der Waals surface area (Å²) in [6.07, 6.45) is -4.44. The van der Waals surface area contributed by atoms with Crippen LogP contribution in [-0.4, -0.2) is 32.2 Å². The molecule has 0 aromatic heterocycles. The number of rotatable bonds is 6. The maximum Gasteiger partial charge on any atom is 0.416 e. The minimum absolute atomic E-state index is 0.214. The Labute approximate surface area is 129 Å². The number of methoxy groups -OCH3 is 1. The zero-order valence-electron chi connectivity index (χ0n) is 11.6. The van der Waals surface area contributed by atoms with Gasteiger partial charge in [0.1, 0.15) is 6.04 Å². The zero-order valence-corrected chi connectivity index (χ0v) is 13.1.